The Balaban J connectivity index is 1.65. The van der Waals surface area contributed by atoms with Crippen LogP contribution in [-0.4, -0.2) is 25.0 Å². The van der Waals surface area contributed by atoms with E-state index in [0.717, 1.165) is 33.6 Å². The third-order valence-corrected chi connectivity index (χ3v) is 7.17. The van der Waals surface area contributed by atoms with Gasteiger partial charge in [-0.05, 0) is 103 Å². The Hall–Kier alpha value is -3.66. The van der Waals surface area contributed by atoms with Gasteiger partial charge in [0.1, 0.15) is 5.76 Å². The fraction of sp³-hybridized carbons (Fsp3) is 0.333. The quantitative estimate of drug-likeness (QED) is 0.191. The van der Waals surface area contributed by atoms with Crippen LogP contribution in [0.2, 0.25) is 0 Å². The van der Waals surface area contributed by atoms with Gasteiger partial charge >= 0.3 is 5.97 Å². The Morgan fingerprint density at radius 1 is 0.946 bits per heavy atom. The van der Waals surface area contributed by atoms with Crippen LogP contribution in [0.4, 0.5) is 0 Å². The molecule has 4 heteroatoms. The highest BCUT2D eigenvalue weighted by Crippen LogP contribution is 2.49. The molecular formula is C33H36O4. The highest BCUT2D eigenvalue weighted by molar-refractivity contribution is 6.08. The average Bonchev–Trinajstić information content (AvgIpc) is 3.74. The first-order valence-corrected chi connectivity index (χ1v) is 13.1. The van der Waals surface area contributed by atoms with Crippen LogP contribution in [0.5, 0.6) is 0 Å². The van der Waals surface area contributed by atoms with Gasteiger partial charge in [-0.2, -0.15) is 0 Å². The SMILES string of the molecule is C=C1C=C(C2CC2)c2c(ccc(-c3ccc(C(=O)C(=C)CCC(=O)OCC)cc3)c2C)C(OCC)=C1C. The van der Waals surface area contributed by atoms with Crippen LogP contribution < -0.4 is 0 Å². The maximum absolute atomic E-state index is 12.9. The Morgan fingerprint density at radius 3 is 2.24 bits per heavy atom. The van der Waals surface area contributed by atoms with Gasteiger partial charge in [0.15, 0.2) is 5.78 Å². The zero-order valence-electron chi connectivity index (χ0n) is 22.4. The number of benzene rings is 2. The molecule has 1 fully saturated rings. The van der Waals surface area contributed by atoms with Gasteiger partial charge in [-0.25, -0.2) is 0 Å². The molecule has 0 aromatic heterocycles. The molecule has 2 aliphatic carbocycles. The lowest BCUT2D eigenvalue weighted by Gasteiger charge is -2.20. The van der Waals surface area contributed by atoms with E-state index in [0.29, 0.717) is 36.7 Å². The summed E-state index contributed by atoms with van der Waals surface area (Å²) in [6, 6.07) is 12.0. The third-order valence-electron chi connectivity index (χ3n) is 7.17. The van der Waals surface area contributed by atoms with Crippen molar-refractivity contribution in [2.24, 2.45) is 5.92 Å². The van der Waals surface area contributed by atoms with Gasteiger partial charge in [-0.3, -0.25) is 9.59 Å². The van der Waals surface area contributed by atoms with Gasteiger partial charge in [0, 0.05) is 17.5 Å². The maximum Gasteiger partial charge on any atom is 0.306 e. The van der Waals surface area contributed by atoms with Crippen molar-refractivity contribution < 1.29 is 19.1 Å². The lowest BCUT2D eigenvalue weighted by molar-refractivity contribution is -0.143. The molecule has 192 valence electrons. The van der Waals surface area contributed by atoms with Crippen molar-refractivity contribution in [3.05, 3.63) is 94.6 Å². The predicted octanol–water partition coefficient (Wildman–Crippen LogP) is 7.87. The molecule has 4 rings (SSSR count). The fourth-order valence-corrected chi connectivity index (χ4v) is 4.95. The van der Waals surface area contributed by atoms with E-state index in [1.165, 1.54) is 29.5 Å². The van der Waals surface area contributed by atoms with Crippen LogP contribution in [0.15, 0.2) is 72.4 Å². The van der Waals surface area contributed by atoms with E-state index in [9.17, 15) is 9.59 Å². The van der Waals surface area contributed by atoms with Crippen LogP contribution >= 0.6 is 0 Å². The van der Waals surface area contributed by atoms with Gasteiger partial charge < -0.3 is 9.47 Å². The number of fused-ring (bicyclic) bond motifs is 1. The number of Topliss-reactive ketones (excluding diaryl/α,β-unsaturated/α-hetero) is 1. The smallest absolute Gasteiger partial charge is 0.306 e. The summed E-state index contributed by atoms with van der Waals surface area (Å²) in [6.07, 6.45) is 5.09. The molecule has 0 N–H and O–H groups in total. The van der Waals surface area contributed by atoms with Crippen molar-refractivity contribution in [1.82, 2.24) is 0 Å². The van der Waals surface area contributed by atoms with E-state index in [4.69, 9.17) is 9.47 Å². The Bertz CT molecular complexity index is 1320. The molecule has 0 spiro atoms. The van der Waals surface area contributed by atoms with E-state index in [2.05, 4.69) is 45.2 Å². The lowest BCUT2D eigenvalue weighted by Crippen LogP contribution is -2.08. The number of allylic oxidation sites excluding steroid dienone is 5. The number of rotatable bonds is 10. The molecular weight excluding hydrogens is 460 g/mol. The van der Waals surface area contributed by atoms with Gasteiger partial charge in [-0.15, -0.1) is 0 Å². The molecule has 2 aliphatic rings. The highest BCUT2D eigenvalue weighted by Gasteiger charge is 2.32. The summed E-state index contributed by atoms with van der Waals surface area (Å²) in [5, 5.41) is 0. The molecule has 1 saturated carbocycles. The Morgan fingerprint density at radius 2 is 1.62 bits per heavy atom. The van der Waals surface area contributed by atoms with Crippen LogP contribution in [0.25, 0.3) is 22.5 Å². The minimum Gasteiger partial charge on any atom is -0.493 e. The summed E-state index contributed by atoms with van der Waals surface area (Å²) in [4.78, 5) is 24.5. The minimum absolute atomic E-state index is 0.145. The standard InChI is InChI=1S/C33H36O4/c1-7-36-30(34)18-9-20(3)32(35)26-14-12-24(13-15-26)27-16-17-28-31(23(27)6)29(25-10-11-25)19-21(4)22(5)33(28)37-8-2/h12-17,19,25H,3-4,7-11,18H2,1-2,5-6H3. The predicted molar refractivity (Wildman–Crippen MR) is 150 cm³/mol. The molecule has 0 unspecified atom stereocenters. The normalized spacial score (nSPS) is 15.0. The molecule has 0 radical (unpaired) electrons. The molecule has 4 nitrogen and oxygen atoms in total. The number of esters is 1. The largest absolute Gasteiger partial charge is 0.493 e. The number of hydrogen-bond acceptors (Lipinski definition) is 4. The summed E-state index contributed by atoms with van der Waals surface area (Å²) in [5.41, 5.74) is 10.2. The summed E-state index contributed by atoms with van der Waals surface area (Å²) >= 11 is 0. The molecule has 0 amide bonds. The minimum atomic E-state index is -0.314. The summed E-state index contributed by atoms with van der Waals surface area (Å²) < 4.78 is 11.1. The summed E-state index contributed by atoms with van der Waals surface area (Å²) in [6.45, 7) is 17.2. The molecule has 0 bridgehead atoms. The van der Waals surface area contributed by atoms with Gasteiger partial charge in [0.2, 0.25) is 0 Å². The number of ether oxygens (including phenoxy) is 2. The van der Waals surface area contributed by atoms with E-state index >= 15 is 0 Å². The molecule has 0 saturated heterocycles. The number of hydrogen-bond donors (Lipinski definition) is 0. The second kappa shape index (κ2) is 11.2. The summed E-state index contributed by atoms with van der Waals surface area (Å²) in [7, 11) is 0. The molecule has 0 heterocycles. The van der Waals surface area contributed by atoms with Gasteiger partial charge in [0.05, 0.1) is 13.2 Å². The second-order valence-electron chi connectivity index (χ2n) is 9.76. The van der Waals surface area contributed by atoms with Crippen LogP contribution in [0.1, 0.15) is 73.5 Å². The van der Waals surface area contributed by atoms with Crippen molar-refractivity contribution in [3.8, 4) is 11.1 Å². The molecule has 0 atom stereocenters. The maximum atomic E-state index is 12.9. The topological polar surface area (TPSA) is 52.6 Å². The first kappa shape index (κ1) is 26.4. The number of carbonyl (C=O) groups is 2. The highest BCUT2D eigenvalue weighted by atomic mass is 16.5. The number of ketones is 1. The van der Waals surface area contributed by atoms with Crippen LogP contribution in [0.3, 0.4) is 0 Å². The molecule has 2 aromatic rings. The van der Waals surface area contributed by atoms with E-state index in [-0.39, 0.29) is 18.2 Å². The molecule has 2 aromatic carbocycles. The molecule has 37 heavy (non-hydrogen) atoms. The number of carbonyl (C=O) groups excluding carboxylic acids is 2. The Kier molecular flexibility index (Phi) is 7.97. The van der Waals surface area contributed by atoms with E-state index in [1.807, 2.05) is 31.2 Å². The summed E-state index contributed by atoms with van der Waals surface area (Å²) in [5.74, 6) is 1.00. The lowest BCUT2D eigenvalue weighted by atomic mass is 9.86. The van der Waals surface area contributed by atoms with Crippen molar-refractivity contribution >= 4 is 23.1 Å². The average molecular weight is 497 g/mol. The third kappa shape index (κ3) is 5.53. The van der Waals surface area contributed by atoms with Crippen LogP contribution in [0, 0.1) is 12.8 Å². The van der Waals surface area contributed by atoms with E-state index < -0.39 is 0 Å². The first-order chi connectivity index (χ1) is 17.8. The fourth-order valence-electron chi connectivity index (χ4n) is 4.95. The molecule has 0 aliphatic heterocycles. The monoisotopic (exact) mass is 496 g/mol. The van der Waals surface area contributed by atoms with E-state index in [1.54, 1.807) is 6.92 Å². The van der Waals surface area contributed by atoms with Crippen LogP contribution in [-0.2, 0) is 14.3 Å². The van der Waals surface area contributed by atoms with Gasteiger partial charge in [-0.1, -0.05) is 49.6 Å². The second-order valence-corrected chi connectivity index (χ2v) is 9.76. The van der Waals surface area contributed by atoms with Crippen molar-refractivity contribution in [1.29, 1.82) is 0 Å². The van der Waals surface area contributed by atoms with Crippen molar-refractivity contribution in [2.45, 2.75) is 53.4 Å². The zero-order valence-corrected chi connectivity index (χ0v) is 22.4. The first-order valence-electron chi connectivity index (χ1n) is 13.1. The van der Waals surface area contributed by atoms with Crippen molar-refractivity contribution in [2.75, 3.05) is 13.2 Å². The van der Waals surface area contributed by atoms with Crippen molar-refractivity contribution in [3.63, 3.8) is 0 Å². The Labute approximate surface area is 220 Å². The van der Waals surface area contributed by atoms with Gasteiger partial charge in [0.25, 0.3) is 0 Å². The zero-order chi connectivity index (χ0) is 26.7.